The Morgan fingerprint density at radius 3 is 2.20 bits per heavy atom. The number of fused-ring (bicyclic) bond motifs is 2. The second-order valence-corrected chi connectivity index (χ2v) is 14.3. The molecule has 2 bridgehead atoms. The van der Waals surface area contributed by atoms with Crippen LogP contribution >= 0.6 is 11.6 Å². The maximum absolute atomic E-state index is 13.6. The molecule has 2 aliphatic heterocycles. The summed E-state index contributed by atoms with van der Waals surface area (Å²) >= 11 is 6.36. The number of nitrogens with one attached hydrogen (secondary N) is 1. The highest BCUT2D eigenvalue weighted by atomic mass is 35.5. The fourth-order valence-electron chi connectivity index (χ4n) is 6.30. The Labute approximate surface area is 213 Å². The van der Waals surface area contributed by atoms with E-state index in [0.717, 1.165) is 57.5 Å². The van der Waals surface area contributed by atoms with Crippen molar-refractivity contribution in [2.45, 2.75) is 82.0 Å². The van der Waals surface area contributed by atoms with E-state index < -0.39 is 25.7 Å². The molecule has 9 nitrogen and oxygen atoms in total. The minimum atomic E-state index is -4.21. The van der Waals surface area contributed by atoms with E-state index in [9.17, 15) is 21.6 Å². The molecule has 0 aromatic heterocycles. The maximum Gasteiger partial charge on any atom is 0.256 e. The van der Waals surface area contributed by atoms with Crippen LogP contribution in [0.4, 0.5) is 5.69 Å². The summed E-state index contributed by atoms with van der Waals surface area (Å²) < 4.78 is 54.6. The van der Waals surface area contributed by atoms with Gasteiger partial charge in [0, 0.05) is 18.2 Å². The normalized spacial score (nSPS) is 25.9. The molecule has 3 fully saturated rings. The van der Waals surface area contributed by atoms with Gasteiger partial charge in [0.25, 0.3) is 5.91 Å². The largest absolute Gasteiger partial charge is 0.496 e. The number of rotatable bonds is 7. The van der Waals surface area contributed by atoms with Gasteiger partial charge >= 0.3 is 0 Å². The van der Waals surface area contributed by atoms with Crippen LogP contribution in [0.3, 0.4) is 0 Å². The van der Waals surface area contributed by atoms with Crippen LogP contribution in [0.2, 0.25) is 5.02 Å². The fourth-order valence-corrected chi connectivity index (χ4v) is 9.63. The first-order valence-corrected chi connectivity index (χ1v) is 16.1. The van der Waals surface area contributed by atoms with Gasteiger partial charge < -0.3 is 10.1 Å². The number of methoxy groups -OCH3 is 1. The molecule has 196 valence electrons. The second kappa shape index (κ2) is 9.72. The number of benzene rings is 1. The van der Waals surface area contributed by atoms with Crippen molar-refractivity contribution in [2.24, 2.45) is 0 Å². The smallest absolute Gasteiger partial charge is 0.256 e. The summed E-state index contributed by atoms with van der Waals surface area (Å²) in [4.78, 5) is 16.2. The number of halogens is 1. The Morgan fingerprint density at radius 1 is 1.00 bits per heavy atom. The molecule has 35 heavy (non-hydrogen) atoms. The lowest BCUT2D eigenvalue weighted by atomic mass is 9.87. The van der Waals surface area contributed by atoms with E-state index in [2.05, 4.69) is 10.2 Å². The summed E-state index contributed by atoms with van der Waals surface area (Å²) in [5, 5.41) is 3.12. The minimum Gasteiger partial charge on any atom is -0.496 e. The molecule has 12 heteroatoms. The molecular formula is C23H34ClN3O6S2. The molecule has 1 N–H and O–H groups in total. The summed E-state index contributed by atoms with van der Waals surface area (Å²) in [7, 11) is -7.08. The van der Waals surface area contributed by atoms with Crippen molar-refractivity contribution in [3.05, 3.63) is 22.7 Å². The molecular weight excluding hydrogens is 514 g/mol. The van der Waals surface area contributed by atoms with Crippen molar-refractivity contribution in [2.75, 3.05) is 23.3 Å². The van der Waals surface area contributed by atoms with Gasteiger partial charge in [0.2, 0.25) is 20.0 Å². The SMILES string of the molecule is COc1cc(N(S(C)(=O)=O)S(C)(=O)=O)c(Cl)cc1C(=O)NC12CCCC(CC1)N2C1CCCCC1. The summed E-state index contributed by atoms with van der Waals surface area (Å²) in [6.45, 7) is 0. The highest BCUT2D eigenvalue weighted by Crippen LogP contribution is 2.46. The number of nitrogens with zero attached hydrogens (tertiary/aromatic N) is 2. The number of anilines is 1. The number of carbonyl (C=O) groups excluding carboxylic acids is 1. The average molecular weight is 548 g/mol. The highest BCUT2D eigenvalue weighted by Gasteiger charge is 2.52. The van der Waals surface area contributed by atoms with Crippen molar-refractivity contribution in [3.8, 4) is 5.75 Å². The van der Waals surface area contributed by atoms with Crippen LogP contribution in [0.15, 0.2) is 12.1 Å². The van der Waals surface area contributed by atoms with Gasteiger partial charge in [0.1, 0.15) is 5.75 Å². The number of hydrogen-bond donors (Lipinski definition) is 1. The van der Waals surface area contributed by atoms with Crippen LogP contribution < -0.4 is 13.8 Å². The molecule has 2 heterocycles. The van der Waals surface area contributed by atoms with E-state index in [1.807, 2.05) is 0 Å². The molecule has 1 amide bonds. The molecule has 2 unspecified atom stereocenters. The molecule has 2 atom stereocenters. The van der Waals surface area contributed by atoms with Crippen LogP contribution in [0.5, 0.6) is 5.75 Å². The monoisotopic (exact) mass is 547 g/mol. The van der Waals surface area contributed by atoms with E-state index in [-0.39, 0.29) is 31.6 Å². The molecule has 0 spiro atoms. The first kappa shape index (κ1) is 26.5. The molecule has 1 aliphatic carbocycles. The van der Waals surface area contributed by atoms with Crippen molar-refractivity contribution in [1.82, 2.24) is 10.2 Å². The average Bonchev–Trinajstić information content (AvgIpc) is 2.98. The van der Waals surface area contributed by atoms with Crippen LogP contribution in [-0.4, -0.2) is 65.0 Å². The molecule has 4 rings (SSSR count). The van der Waals surface area contributed by atoms with E-state index in [4.69, 9.17) is 16.3 Å². The van der Waals surface area contributed by atoms with Gasteiger partial charge in [-0.05, 0) is 51.0 Å². The predicted octanol–water partition coefficient (Wildman–Crippen LogP) is 3.48. The molecule has 2 saturated heterocycles. The number of amides is 1. The number of ether oxygens (including phenoxy) is 1. The quantitative estimate of drug-likeness (QED) is 0.556. The Kier molecular flexibility index (Phi) is 7.36. The van der Waals surface area contributed by atoms with Crippen LogP contribution in [0, 0.1) is 0 Å². The number of piperidine rings is 1. The van der Waals surface area contributed by atoms with Crippen molar-refractivity contribution in [1.29, 1.82) is 0 Å². The zero-order chi connectivity index (χ0) is 25.6. The summed E-state index contributed by atoms with van der Waals surface area (Å²) in [5.74, 6) is -0.325. The first-order valence-electron chi connectivity index (χ1n) is 12.1. The topological polar surface area (TPSA) is 113 Å². The lowest BCUT2D eigenvalue weighted by molar-refractivity contribution is -0.0195. The zero-order valence-electron chi connectivity index (χ0n) is 20.4. The van der Waals surface area contributed by atoms with Gasteiger partial charge in [-0.3, -0.25) is 9.69 Å². The summed E-state index contributed by atoms with van der Waals surface area (Å²) in [6, 6.07) is 3.40. The Hall–Kier alpha value is -1.56. The van der Waals surface area contributed by atoms with Crippen LogP contribution in [0.25, 0.3) is 0 Å². The van der Waals surface area contributed by atoms with Crippen molar-refractivity contribution in [3.63, 3.8) is 0 Å². The molecule has 3 aliphatic rings. The van der Waals surface area contributed by atoms with Gasteiger partial charge in [-0.1, -0.05) is 30.9 Å². The van der Waals surface area contributed by atoms with Gasteiger partial charge in [0.05, 0.1) is 41.6 Å². The predicted molar refractivity (Wildman–Crippen MR) is 136 cm³/mol. The molecule has 0 radical (unpaired) electrons. The van der Waals surface area contributed by atoms with Crippen molar-refractivity contribution < 1.29 is 26.4 Å². The maximum atomic E-state index is 13.6. The molecule has 1 aromatic carbocycles. The Morgan fingerprint density at radius 2 is 1.60 bits per heavy atom. The third-order valence-corrected chi connectivity index (χ3v) is 11.1. The molecule has 1 saturated carbocycles. The van der Waals surface area contributed by atoms with E-state index >= 15 is 0 Å². The fraction of sp³-hybridized carbons (Fsp3) is 0.696. The lowest BCUT2D eigenvalue weighted by Crippen LogP contribution is -2.64. The Bertz CT molecular complexity index is 1160. The standard InChI is InChI=1S/C23H34ClN3O6S2/c1-33-21-15-20(27(34(2,29)30)35(3,31)32)19(24)14-18(21)22(28)25-23-12-7-10-17(11-13-23)26(23)16-8-5-4-6-9-16/h14-17H,4-13H2,1-3H3,(H,25,28). The van der Waals surface area contributed by atoms with Crippen molar-refractivity contribution >= 4 is 43.2 Å². The number of sulfonamides is 2. The van der Waals surface area contributed by atoms with E-state index in [1.165, 1.54) is 38.5 Å². The van der Waals surface area contributed by atoms with E-state index in [0.29, 0.717) is 12.1 Å². The molecule has 1 aromatic rings. The third-order valence-electron chi connectivity index (χ3n) is 7.53. The van der Waals surface area contributed by atoms with E-state index in [1.54, 1.807) is 0 Å². The highest BCUT2D eigenvalue weighted by molar-refractivity contribution is 8.09. The lowest BCUT2D eigenvalue weighted by Gasteiger charge is -2.50. The van der Waals surface area contributed by atoms with Gasteiger partial charge in [-0.25, -0.2) is 16.8 Å². The van der Waals surface area contributed by atoms with Crippen LogP contribution in [0.1, 0.15) is 74.6 Å². The first-order chi connectivity index (χ1) is 16.4. The minimum absolute atomic E-state index is 0.0465. The third kappa shape index (κ3) is 5.14. The van der Waals surface area contributed by atoms with Gasteiger partial charge in [-0.2, -0.15) is 3.71 Å². The second-order valence-electron chi connectivity index (χ2n) is 10.00. The Balaban J connectivity index is 1.68. The van der Waals surface area contributed by atoms with Gasteiger partial charge in [-0.15, -0.1) is 0 Å². The number of hydrogen-bond acceptors (Lipinski definition) is 7. The summed E-state index contributed by atoms with van der Waals surface area (Å²) in [5.41, 5.74) is -0.579. The van der Waals surface area contributed by atoms with Crippen LogP contribution in [-0.2, 0) is 20.0 Å². The summed E-state index contributed by atoms with van der Waals surface area (Å²) in [6.07, 6.45) is 12.5. The number of carbonyl (C=O) groups is 1. The van der Waals surface area contributed by atoms with Gasteiger partial charge in [0.15, 0.2) is 0 Å². The zero-order valence-corrected chi connectivity index (χ0v) is 22.8.